The molecule has 2 nitrogen and oxygen atoms in total. The summed E-state index contributed by atoms with van der Waals surface area (Å²) in [7, 11) is 0. The maximum absolute atomic E-state index is 12.6. The molecule has 0 aliphatic carbocycles. The number of rotatable bonds is 3. The largest absolute Gasteiger partial charge is 0.464 e. The zero-order chi connectivity index (χ0) is 10.1. The Morgan fingerprint density at radius 1 is 1.62 bits per heavy atom. The quantitative estimate of drug-likeness (QED) is 0.444. The molecule has 1 aliphatic heterocycles. The number of hydrogen-bond donors (Lipinski definition) is 0. The Morgan fingerprint density at radius 2 is 2.15 bits per heavy atom. The van der Waals surface area contributed by atoms with Crippen LogP contribution in [-0.4, -0.2) is 25.2 Å². The Hall–Kier alpha value is -0.300. The number of halogens is 5. The highest BCUT2D eigenvalue weighted by molar-refractivity contribution is 9.11. The fourth-order valence-electron chi connectivity index (χ4n) is 0.486. The van der Waals surface area contributed by atoms with Crippen molar-refractivity contribution in [1.82, 2.24) is 0 Å². The lowest BCUT2D eigenvalue weighted by Gasteiger charge is -2.07. The summed E-state index contributed by atoms with van der Waals surface area (Å²) in [5.41, 5.74) is 0. The van der Waals surface area contributed by atoms with Crippen LogP contribution in [0.2, 0.25) is 0 Å². The van der Waals surface area contributed by atoms with Crippen LogP contribution in [0.5, 0.6) is 0 Å². The molecule has 76 valence electrons. The second-order valence-corrected chi connectivity index (χ2v) is 3.18. The van der Waals surface area contributed by atoms with Gasteiger partial charge in [0.15, 0.2) is 0 Å². The first-order chi connectivity index (χ1) is 5.91. The maximum Gasteiger partial charge on any atom is 0.425 e. The van der Waals surface area contributed by atoms with E-state index in [1.165, 1.54) is 0 Å². The molecule has 0 saturated carbocycles. The number of ether oxygens (including phenoxy) is 2. The van der Waals surface area contributed by atoms with Crippen molar-refractivity contribution in [2.75, 3.05) is 6.61 Å². The Labute approximate surface area is 79.6 Å². The zero-order valence-electron chi connectivity index (χ0n) is 6.15. The van der Waals surface area contributed by atoms with Gasteiger partial charge in [-0.2, -0.15) is 17.6 Å². The monoisotopic (exact) mass is 264 g/mol. The van der Waals surface area contributed by atoms with Crippen LogP contribution >= 0.6 is 15.9 Å². The van der Waals surface area contributed by atoms with E-state index in [0.29, 0.717) is 0 Å². The summed E-state index contributed by atoms with van der Waals surface area (Å²) >= 11 is 2.20. The molecule has 1 rings (SSSR count). The van der Waals surface area contributed by atoms with Gasteiger partial charge in [-0.25, -0.2) is 0 Å². The van der Waals surface area contributed by atoms with Gasteiger partial charge in [0.05, 0.1) is 6.61 Å². The SMILES string of the molecule is FC(OC=C(Br)C(F)(F)F)C1CO1. The third kappa shape index (κ3) is 3.51. The van der Waals surface area contributed by atoms with Crippen molar-refractivity contribution in [3.63, 3.8) is 0 Å². The molecule has 1 saturated heterocycles. The van der Waals surface area contributed by atoms with E-state index in [-0.39, 0.29) is 12.9 Å². The highest BCUT2D eigenvalue weighted by Gasteiger charge is 2.36. The lowest BCUT2D eigenvalue weighted by molar-refractivity contribution is -0.0875. The molecule has 2 atom stereocenters. The first-order valence-electron chi connectivity index (χ1n) is 3.25. The number of alkyl halides is 4. The molecule has 1 heterocycles. The fourth-order valence-corrected chi connectivity index (χ4v) is 0.594. The Morgan fingerprint density at radius 3 is 2.54 bits per heavy atom. The van der Waals surface area contributed by atoms with Gasteiger partial charge >= 0.3 is 6.18 Å². The molecular formula is C6H5BrF4O2. The van der Waals surface area contributed by atoms with Crippen molar-refractivity contribution in [3.05, 3.63) is 10.7 Å². The van der Waals surface area contributed by atoms with E-state index in [2.05, 4.69) is 25.4 Å². The topological polar surface area (TPSA) is 21.8 Å². The minimum Gasteiger partial charge on any atom is -0.464 e. The van der Waals surface area contributed by atoms with Gasteiger partial charge in [-0.05, 0) is 15.9 Å². The summed E-state index contributed by atoms with van der Waals surface area (Å²) in [5.74, 6) is 0. The Bertz CT molecular complexity index is 211. The molecule has 2 unspecified atom stereocenters. The molecule has 0 aromatic heterocycles. The predicted molar refractivity (Wildman–Crippen MR) is 38.8 cm³/mol. The van der Waals surface area contributed by atoms with E-state index < -0.39 is 23.1 Å². The predicted octanol–water partition coefficient (Wildman–Crippen LogP) is 2.50. The fraction of sp³-hybridized carbons (Fsp3) is 0.667. The van der Waals surface area contributed by atoms with Crippen molar-refractivity contribution in [2.45, 2.75) is 18.6 Å². The maximum atomic E-state index is 12.6. The van der Waals surface area contributed by atoms with Crippen molar-refractivity contribution in [3.8, 4) is 0 Å². The van der Waals surface area contributed by atoms with Gasteiger partial charge in [0.2, 0.25) is 0 Å². The smallest absolute Gasteiger partial charge is 0.425 e. The second kappa shape index (κ2) is 3.83. The third-order valence-corrected chi connectivity index (χ3v) is 1.86. The molecule has 0 amide bonds. The van der Waals surface area contributed by atoms with Gasteiger partial charge in [-0.3, -0.25) is 0 Å². The summed E-state index contributed by atoms with van der Waals surface area (Å²) in [5, 5.41) is 0. The van der Waals surface area contributed by atoms with Crippen molar-refractivity contribution >= 4 is 15.9 Å². The summed E-state index contributed by atoms with van der Waals surface area (Å²) in [6, 6.07) is 0. The molecule has 0 radical (unpaired) electrons. The van der Waals surface area contributed by atoms with Crippen LogP contribution in [-0.2, 0) is 9.47 Å². The van der Waals surface area contributed by atoms with E-state index in [9.17, 15) is 17.6 Å². The minimum atomic E-state index is -4.55. The number of allylic oxidation sites excluding steroid dienone is 1. The van der Waals surface area contributed by atoms with Crippen LogP contribution in [0.15, 0.2) is 10.7 Å². The van der Waals surface area contributed by atoms with Gasteiger partial charge in [0, 0.05) is 0 Å². The van der Waals surface area contributed by atoms with Crippen LogP contribution in [0.4, 0.5) is 17.6 Å². The van der Waals surface area contributed by atoms with Gasteiger partial charge in [-0.15, -0.1) is 0 Å². The normalized spacial score (nSPS) is 25.6. The van der Waals surface area contributed by atoms with Crippen molar-refractivity contribution in [1.29, 1.82) is 0 Å². The van der Waals surface area contributed by atoms with E-state index in [1.807, 2.05) is 0 Å². The number of epoxide rings is 1. The summed E-state index contributed by atoms with van der Waals surface area (Å²) < 4.78 is 55.3. The van der Waals surface area contributed by atoms with E-state index in [4.69, 9.17) is 0 Å². The van der Waals surface area contributed by atoms with Gasteiger partial charge in [-0.1, -0.05) is 0 Å². The molecule has 0 aromatic rings. The van der Waals surface area contributed by atoms with E-state index in [1.54, 1.807) is 0 Å². The molecule has 1 fully saturated rings. The standard InChI is InChI=1S/C6H5BrF4O2/c7-4(6(9,10)11)2-13-5(8)3-1-12-3/h2-3,5H,1H2. The second-order valence-electron chi connectivity index (χ2n) is 2.32. The third-order valence-electron chi connectivity index (χ3n) is 1.22. The van der Waals surface area contributed by atoms with Crippen LogP contribution in [0.25, 0.3) is 0 Å². The van der Waals surface area contributed by atoms with E-state index >= 15 is 0 Å². The summed E-state index contributed by atoms with van der Waals surface area (Å²) in [6.45, 7) is 0.179. The molecule has 0 spiro atoms. The minimum absolute atomic E-state index is 0.179. The molecule has 13 heavy (non-hydrogen) atoms. The lowest BCUT2D eigenvalue weighted by Crippen LogP contribution is -2.13. The first-order valence-corrected chi connectivity index (χ1v) is 4.04. The summed E-state index contributed by atoms with van der Waals surface area (Å²) in [6.07, 6.45) is -6.84. The summed E-state index contributed by atoms with van der Waals surface area (Å²) in [4.78, 5) is 0. The molecule has 1 aliphatic rings. The molecule has 0 N–H and O–H groups in total. The first kappa shape index (κ1) is 10.8. The van der Waals surface area contributed by atoms with Crippen LogP contribution in [0.3, 0.4) is 0 Å². The number of hydrogen-bond acceptors (Lipinski definition) is 2. The molecule has 0 bridgehead atoms. The molecule has 0 aromatic carbocycles. The van der Waals surface area contributed by atoms with Crippen molar-refractivity contribution in [2.24, 2.45) is 0 Å². The van der Waals surface area contributed by atoms with Gasteiger partial charge < -0.3 is 9.47 Å². The van der Waals surface area contributed by atoms with Gasteiger partial charge in [0.1, 0.15) is 16.8 Å². The van der Waals surface area contributed by atoms with E-state index in [0.717, 1.165) is 0 Å². The van der Waals surface area contributed by atoms with Crippen molar-refractivity contribution < 1.29 is 27.0 Å². The highest BCUT2D eigenvalue weighted by Crippen LogP contribution is 2.30. The molecule has 7 heteroatoms. The highest BCUT2D eigenvalue weighted by atomic mass is 79.9. The van der Waals surface area contributed by atoms with Crippen LogP contribution in [0, 0.1) is 0 Å². The van der Waals surface area contributed by atoms with Crippen LogP contribution < -0.4 is 0 Å². The molecular weight excluding hydrogens is 260 g/mol. The van der Waals surface area contributed by atoms with Crippen LogP contribution in [0.1, 0.15) is 0 Å². The lowest BCUT2D eigenvalue weighted by atomic mass is 10.5. The van der Waals surface area contributed by atoms with Gasteiger partial charge in [0.25, 0.3) is 6.36 Å². The average Bonchev–Trinajstić information content (AvgIpc) is 2.79. The Balaban J connectivity index is 2.37. The zero-order valence-corrected chi connectivity index (χ0v) is 7.73. The Kier molecular flexibility index (Phi) is 3.18. The average molecular weight is 265 g/mol.